The molecule has 2 unspecified atom stereocenters. The van der Waals surface area contributed by atoms with Crippen molar-refractivity contribution in [1.82, 2.24) is 0 Å². The van der Waals surface area contributed by atoms with E-state index in [2.05, 4.69) is 62.5 Å². The van der Waals surface area contributed by atoms with Gasteiger partial charge in [-0.2, -0.15) is 0 Å². The Morgan fingerprint density at radius 2 is 0.909 bits per heavy atom. The maximum atomic E-state index is 9.39. The molecule has 3 nitrogen and oxygen atoms in total. The van der Waals surface area contributed by atoms with Crippen LogP contribution in [0, 0.1) is 0 Å². The van der Waals surface area contributed by atoms with Gasteiger partial charge >= 0.3 is 0 Å². The van der Waals surface area contributed by atoms with Gasteiger partial charge in [0.25, 0.3) is 0 Å². The molecule has 44 heavy (non-hydrogen) atoms. The molecule has 3 heteroatoms. The van der Waals surface area contributed by atoms with Gasteiger partial charge in [0, 0.05) is 19.4 Å². The Hall–Kier alpha value is -1.16. The van der Waals surface area contributed by atoms with Crippen LogP contribution in [0.25, 0.3) is 0 Å². The molecular formula is C41H74O3. The summed E-state index contributed by atoms with van der Waals surface area (Å²) in [6.07, 6.45) is 52.0. The van der Waals surface area contributed by atoms with Gasteiger partial charge in [-0.3, -0.25) is 0 Å². The summed E-state index contributed by atoms with van der Waals surface area (Å²) in [5.41, 5.74) is 0. The minimum absolute atomic E-state index is 0.0593. The van der Waals surface area contributed by atoms with Gasteiger partial charge in [-0.1, -0.05) is 140 Å². The van der Waals surface area contributed by atoms with Crippen LogP contribution >= 0.6 is 0 Å². The molecule has 1 saturated heterocycles. The molecule has 2 atom stereocenters. The van der Waals surface area contributed by atoms with Crippen molar-refractivity contribution in [3.05, 3.63) is 48.6 Å². The normalized spacial score (nSPS) is 19.2. The van der Waals surface area contributed by atoms with Crippen molar-refractivity contribution >= 4 is 0 Å². The highest BCUT2D eigenvalue weighted by Gasteiger charge is 2.40. The maximum Gasteiger partial charge on any atom is 0.168 e. The predicted molar refractivity (Wildman–Crippen MR) is 193 cm³/mol. The van der Waals surface area contributed by atoms with E-state index in [4.69, 9.17) is 9.47 Å². The Morgan fingerprint density at radius 3 is 1.39 bits per heavy atom. The predicted octanol–water partition coefficient (Wildman–Crippen LogP) is 12.9. The summed E-state index contributed by atoms with van der Waals surface area (Å²) in [6.45, 7) is 5.35. The van der Waals surface area contributed by atoms with E-state index in [0.717, 1.165) is 38.5 Å². The average molecular weight is 615 g/mol. The molecule has 0 amide bonds. The fourth-order valence-electron chi connectivity index (χ4n) is 6.06. The minimum atomic E-state index is -0.407. The molecule has 0 aromatic rings. The van der Waals surface area contributed by atoms with Crippen molar-refractivity contribution in [2.45, 2.75) is 199 Å². The zero-order chi connectivity index (χ0) is 31.7. The summed E-state index contributed by atoms with van der Waals surface area (Å²) >= 11 is 0. The number of rotatable bonds is 32. The van der Waals surface area contributed by atoms with E-state index < -0.39 is 5.79 Å². The first-order valence-electron chi connectivity index (χ1n) is 19.3. The van der Waals surface area contributed by atoms with E-state index in [1.54, 1.807) is 0 Å². The standard InChI is InChI=1S/C41H74O3/c1-3-5-7-9-11-13-15-17-19-21-23-25-27-29-31-33-36-41(43-39-40(44-41)35-38-42)37-34-32-30-28-26-24-22-20-18-16-14-12-10-8-6-4-2/h11-14,17,19,23,25,40,42H,3-10,15-16,18,20-22,24,26-39H2,1-2H3. The number of hydrogen-bond donors (Lipinski definition) is 1. The summed E-state index contributed by atoms with van der Waals surface area (Å²) in [7, 11) is 0. The molecule has 0 bridgehead atoms. The van der Waals surface area contributed by atoms with Crippen molar-refractivity contribution in [1.29, 1.82) is 0 Å². The Morgan fingerprint density at radius 1 is 0.523 bits per heavy atom. The summed E-state index contributed by atoms with van der Waals surface area (Å²) < 4.78 is 12.7. The van der Waals surface area contributed by atoms with Crippen LogP contribution in [0.4, 0.5) is 0 Å². The SMILES string of the molecule is CCCCCC=CCC=CCC=CCCCCCC1(CCCCCCCCCCCC=CCCCCC)OCC(CCO)O1. The Balaban J connectivity index is 2.09. The third-order valence-corrected chi connectivity index (χ3v) is 8.88. The summed E-state index contributed by atoms with van der Waals surface area (Å²) in [5, 5.41) is 9.39. The zero-order valence-corrected chi connectivity index (χ0v) is 29.5. The fourth-order valence-corrected chi connectivity index (χ4v) is 6.06. The lowest BCUT2D eigenvalue weighted by atomic mass is 9.99. The number of ether oxygens (including phenoxy) is 2. The van der Waals surface area contributed by atoms with E-state index in [1.807, 2.05) is 0 Å². The molecule has 0 spiro atoms. The van der Waals surface area contributed by atoms with Gasteiger partial charge in [0.05, 0.1) is 12.7 Å². The first-order valence-corrected chi connectivity index (χ1v) is 19.3. The lowest BCUT2D eigenvalue weighted by Gasteiger charge is -2.28. The lowest BCUT2D eigenvalue weighted by molar-refractivity contribution is -0.180. The second-order valence-electron chi connectivity index (χ2n) is 13.1. The van der Waals surface area contributed by atoms with Crippen LogP contribution < -0.4 is 0 Å². The summed E-state index contributed by atoms with van der Waals surface area (Å²) in [6, 6.07) is 0. The van der Waals surface area contributed by atoms with Crippen LogP contribution in [-0.2, 0) is 9.47 Å². The first kappa shape index (κ1) is 40.9. The maximum absolute atomic E-state index is 9.39. The molecule has 1 aliphatic heterocycles. The minimum Gasteiger partial charge on any atom is -0.396 e. The van der Waals surface area contributed by atoms with Crippen molar-refractivity contribution in [2.24, 2.45) is 0 Å². The second-order valence-corrected chi connectivity index (χ2v) is 13.1. The Kier molecular flexibility index (Phi) is 29.5. The van der Waals surface area contributed by atoms with Gasteiger partial charge in [0.1, 0.15) is 0 Å². The number of hydrogen-bond acceptors (Lipinski definition) is 3. The van der Waals surface area contributed by atoms with Crippen molar-refractivity contribution < 1.29 is 14.6 Å². The van der Waals surface area contributed by atoms with E-state index >= 15 is 0 Å². The van der Waals surface area contributed by atoms with E-state index in [9.17, 15) is 5.11 Å². The molecule has 0 aromatic carbocycles. The van der Waals surface area contributed by atoms with E-state index in [0.29, 0.717) is 13.0 Å². The molecule has 256 valence electrons. The van der Waals surface area contributed by atoms with Crippen molar-refractivity contribution in [3.63, 3.8) is 0 Å². The van der Waals surface area contributed by atoms with Crippen LogP contribution in [0.3, 0.4) is 0 Å². The molecule has 0 aliphatic carbocycles. The fraction of sp³-hybridized carbons (Fsp3) is 0.805. The van der Waals surface area contributed by atoms with Gasteiger partial charge in [0.15, 0.2) is 5.79 Å². The number of aliphatic hydroxyl groups is 1. The molecule has 1 rings (SSSR count). The monoisotopic (exact) mass is 615 g/mol. The third-order valence-electron chi connectivity index (χ3n) is 8.88. The lowest BCUT2D eigenvalue weighted by Crippen LogP contribution is -2.31. The molecule has 0 aromatic heterocycles. The highest BCUT2D eigenvalue weighted by atomic mass is 16.7. The van der Waals surface area contributed by atoms with Crippen LogP contribution in [0.5, 0.6) is 0 Å². The summed E-state index contributed by atoms with van der Waals surface area (Å²) in [5.74, 6) is -0.407. The second kappa shape index (κ2) is 31.8. The highest BCUT2D eigenvalue weighted by Crippen LogP contribution is 2.35. The first-order chi connectivity index (χ1) is 21.8. The molecule has 1 aliphatic rings. The molecule has 1 heterocycles. The average Bonchev–Trinajstić information content (AvgIpc) is 3.43. The molecule has 1 N–H and O–H groups in total. The van der Waals surface area contributed by atoms with Crippen LogP contribution in [0.2, 0.25) is 0 Å². The number of aliphatic hydroxyl groups excluding tert-OH is 1. The third kappa shape index (κ3) is 25.1. The van der Waals surface area contributed by atoms with Gasteiger partial charge in [-0.15, -0.1) is 0 Å². The van der Waals surface area contributed by atoms with Crippen molar-refractivity contribution in [2.75, 3.05) is 13.2 Å². The van der Waals surface area contributed by atoms with Crippen LogP contribution in [0.1, 0.15) is 187 Å². The van der Waals surface area contributed by atoms with Gasteiger partial charge in [0.2, 0.25) is 0 Å². The van der Waals surface area contributed by atoms with Gasteiger partial charge in [-0.25, -0.2) is 0 Å². The largest absolute Gasteiger partial charge is 0.396 e. The summed E-state index contributed by atoms with van der Waals surface area (Å²) in [4.78, 5) is 0. The van der Waals surface area contributed by atoms with E-state index in [1.165, 1.54) is 128 Å². The van der Waals surface area contributed by atoms with Gasteiger partial charge in [-0.05, 0) is 83.5 Å². The topological polar surface area (TPSA) is 38.7 Å². The molecule has 1 fully saturated rings. The Labute approximate surface area is 275 Å². The quantitative estimate of drug-likeness (QED) is 0.0605. The molecule has 0 radical (unpaired) electrons. The van der Waals surface area contributed by atoms with Gasteiger partial charge < -0.3 is 14.6 Å². The number of unbranched alkanes of at least 4 members (excludes halogenated alkanes) is 18. The Bertz CT molecular complexity index is 709. The highest BCUT2D eigenvalue weighted by molar-refractivity contribution is 4.97. The molecule has 0 saturated carbocycles. The zero-order valence-electron chi connectivity index (χ0n) is 29.5. The van der Waals surface area contributed by atoms with Crippen LogP contribution in [0.15, 0.2) is 48.6 Å². The van der Waals surface area contributed by atoms with Crippen LogP contribution in [-0.4, -0.2) is 30.2 Å². The van der Waals surface area contributed by atoms with E-state index in [-0.39, 0.29) is 12.7 Å². The number of allylic oxidation sites excluding steroid dienone is 8. The smallest absolute Gasteiger partial charge is 0.168 e. The molecular weight excluding hydrogens is 540 g/mol. The van der Waals surface area contributed by atoms with Crippen molar-refractivity contribution in [3.8, 4) is 0 Å².